The minimum atomic E-state index is -3.56. The van der Waals surface area contributed by atoms with Gasteiger partial charge in [-0.3, -0.25) is 14.5 Å². The lowest BCUT2D eigenvalue weighted by Gasteiger charge is -2.35. The molecule has 2 amide bonds. The number of piperazine rings is 1. The third-order valence-corrected chi connectivity index (χ3v) is 7.61. The van der Waals surface area contributed by atoms with Crippen LogP contribution >= 0.6 is 0 Å². The molecule has 166 valence electrons. The molecule has 2 fully saturated rings. The van der Waals surface area contributed by atoms with Gasteiger partial charge in [0.1, 0.15) is 5.75 Å². The number of methoxy groups -OCH3 is 1. The van der Waals surface area contributed by atoms with Crippen LogP contribution in [-0.2, 0) is 19.6 Å². The first-order valence-corrected chi connectivity index (χ1v) is 11.6. The molecule has 0 aromatic heterocycles. The number of hydrogen-bond acceptors (Lipinski definition) is 6. The maximum atomic E-state index is 12.8. The molecule has 3 rings (SSSR count). The fraction of sp³-hybridized carbons (Fsp3) is 0.600. The number of sulfonamides is 1. The zero-order chi connectivity index (χ0) is 21.7. The summed E-state index contributed by atoms with van der Waals surface area (Å²) < 4.78 is 32.2. The van der Waals surface area contributed by atoms with Gasteiger partial charge in [-0.2, -0.15) is 4.31 Å². The number of amides is 2. The summed E-state index contributed by atoms with van der Waals surface area (Å²) >= 11 is 0. The van der Waals surface area contributed by atoms with Crippen molar-refractivity contribution in [1.82, 2.24) is 19.4 Å². The van der Waals surface area contributed by atoms with Crippen LogP contribution in [0.2, 0.25) is 0 Å². The van der Waals surface area contributed by atoms with E-state index in [0.29, 0.717) is 45.0 Å². The van der Waals surface area contributed by atoms with Crippen LogP contribution in [0.1, 0.15) is 19.8 Å². The van der Waals surface area contributed by atoms with Crippen LogP contribution in [-0.4, -0.2) is 93.3 Å². The predicted octanol–water partition coefficient (Wildman–Crippen LogP) is 0.129. The number of piperidine rings is 1. The molecule has 0 radical (unpaired) electrons. The highest BCUT2D eigenvalue weighted by Gasteiger charge is 2.29. The average Bonchev–Trinajstić information content (AvgIpc) is 2.74. The number of hydrogen-bond donors (Lipinski definition) is 1. The molecular weight excluding hydrogens is 408 g/mol. The van der Waals surface area contributed by atoms with E-state index in [1.54, 1.807) is 36.1 Å². The quantitative estimate of drug-likeness (QED) is 0.678. The van der Waals surface area contributed by atoms with E-state index < -0.39 is 10.0 Å². The Hall–Kier alpha value is -2.17. The number of nitrogens with zero attached hydrogens (tertiary/aromatic N) is 3. The van der Waals surface area contributed by atoms with E-state index in [1.807, 2.05) is 4.90 Å². The average molecular weight is 439 g/mol. The number of likely N-dealkylation sites (tertiary alicyclic amines) is 1. The van der Waals surface area contributed by atoms with Crippen LogP contribution in [0.3, 0.4) is 0 Å². The molecule has 30 heavy (non-hydrogen) atoms. The van der Waals surface area contributed by atoms with Crippen molar-refractivity contribution in [3.05, 3.63) is 24.3 Å². The predicted molar refractivity (Wildman–Crippen MR) is 112 cm³/mol. The SMILES string of the molecule is COc1ccc(S(=O)(=O)N2CCN(CC(=O)NC3CCN(C(C)=O)CC3)CC2)cc1. The van der Waals surface area contributed by atoms with Crippen molar-refractivity contribution in [2.45, 2.75) is 30.7 Å². The fourth-order valence-corrected chi connectivity index (χ4v) is 5.26. The Kier molecular flexibility index (Phi) is 7.32. The highest BCUT2D eigenvalue weighted by molar-refractivity contribution is 7.89. The fourth-order valence-electron chi connectivity index (χ4n) is 3.84. The number of rotatable bonds is 6. The Morgan fingerprint density at radius 3 is 2.17 bits per heavy atom. The molecule has 10 heteroatoms. The standard InChI is InChI=1S/C20H30N4O5S/c1-16(25)23-9-7-17(8-10-23)21-20(26)15-22-11-13-24(14-12-22)30(27,28)19-5-3-18(29-2)4-6-19/h3-6,17H,7-15H2,1-2H3,(H,21,26). The molecule has 1 aromatic carbocycles. The highest BCUT2D eigenvalue weighted by atomic mass is 32.2. The molecule has 0 aliphatic carbocycles. The minimum absolute atomic E-state index is 0.0530. The molecule has 2 saturated heterocycles. The van der Waals surface area contributed by atoms with Crippen LogP contribution < -0.4 is 10.1 Å². The summed E-state index contributed by atoms with van der Waals surface area (Å²) in [7, 11) is -2.02. The van der Waals surface area contributed by atoms with Crippen LogP contribution in [0.25, 0.3) is 0 Å². The molecule has 0 saturated carbocycles. The summed E-state index contributed by atoms with van der Waals surface area (Å²) in [5.74, 6) is 0.627. The maximum Gasteiger partial charge on any atom is 0.243 e. The Bertz CT molecular complexity index is 842. The van der Waals surface area contributed by atoms with Crippen LogP contribution in [0.15, 0.2) is 29.2 Å². The largest absolute Gasteiger partial charge is 0.497 e. The normalized spacial score (nSPS) is 19.5. The summed E-state index contributed by atoms with van der Waals surface area (Å²) in [4.78, 5) is 27.8. The lowest BCUT2D eigenvalue weighted by Crippen LogP contribution is -2.52. The van der Waals surface area contributed by atoms with E-state index >= 15 is 0 Å². The van der Waals surface area contributed by atoms with Gasteiger partial charge >= 0.3 is 0 Å². The molecule has 0 spiro atoms. The number of carbonyl (C=O) groups is 2. The Morgan fingerprint density at radius 1 is 1.03 bits per heavy atom. The lowest BCUT2D eigenvalue weighted by molar-refractivity contribution is -0.130. The van der Waals surface area contributed by atoms with Gasteiger partial charge in [0.25, 0.3) is 0 Å². The highest BCUT2D eigenvalue weighted by Crippen LogP contribution is 2.20. The van der Waals surface area contributed by atoms with E-state index in [4.69, 9.17) is 4.74 Å². The molecule has 1 N–H and O–H groups in total. The Balaban J connectivity index is 1.45. The van der Waals surface area contributed by atoms with Gasteiger partial charge in [0.05, 0.1) is 18.6 Å². The van der Waals surface area contributed by atoms with Crippen LogP contribution in [0, 0.1) is 0 Å². The third-order valence-electron chi connectivity index (χ3n) is 5.70. The zero-order valence-corrected chi connectivity index (χ0v) is 18.4. The van der Waals surface area contributed by atoms with Crippen molar-refractivity contribution in [2.24, 2.45) is 0 Å². The van der Waals surface area contributed by atoms with Gasteiger partial charge in [-0.05, 0) is 37.1 Å². The number of benzene rings is 1. The van der Waals surface area contributed by atoms with Crippen molar-refractivity contribution in [1.29, 1.82) is 0 Å². The Labute approximate surface area is 178 Å². The minimum Gasteiger partial charge on any atom is -0.497 e. The van der Waals surface area contributed by atoms with E-state index in [9.17, 15) is 18.0 Å². The smallest absolute Gasteiger partial charge is 0.243 e. The molecule has 2 aliphatic heterocycles. The monoisotopic (exact) mass is 438 g/mol. The van der Waals surface area contributed by atoms with Gasteiger partial charge in [-0.15, -0.1) is 0 Å². The van der Waals surface area contributed by atoms with Gasteiger partial charge < -0.3 is 15.0 Å². The summed E-state index contributed by atoms with van der Waals surface area (Å²) in [6.07, 6.45) is 1.53. The van der Waals surface area contributed by atoms with Gasteiger partial charge in [-0.1, -0.05) is 0 Å². The molecule has 2 aliphatic rings. The Morgan fingerprint density at radius 2 is 1.63 bits per heavy atom. The molecule has 0 unspecified atom stereocenters. The van der Waals surface area contributed by atoms with Crippen molar-refractivity contribution >= 4 is 21.8 Å². The summed E-state index contributed by atoms with van der Waals surface area (Å²) in [5, 5.41) is 3.04. The van der Waals surface area contributed by atoms with E-state index in [2.05, 4.69) is 5.32 Å². The van der Waals surface area contributed by atoms with Gasteiger partial charge in [-0.25, -0.2) is 8.42 Å². The summed E-state index contributed by atoms with van der Waals surface area (Å²) in [6, 6.07) is 6.45. The van der Waals surface area contributed by atoms with Gasteiger partial charge in [0.15, 0.2) is 0 Å². The van der Waals surface area contributed by atoms with Crippen molar-refractivity contribution in [2.75, 3.05) is 52.9 Å². The number of ether oxygens (including phenoxy) is 1. The second kappa shape index (κ2) is 9.76. The first-order valence-electron chi connectivity index (χ1n) is 10.2. The zero-order valence-electron chi connectivity index (χ0n) is 17.5. The first-order chi connectivity index (χ1) is 14.3. The third kappa shape index (κ3) is 5.50. The second-order valence-corrected chi connectivity index (χ2v) is 9.64. The number of nitrogens with one attached hydrogen (secondary N) is 1. The number of carbonyl (C=O) groups excluding carboxylic acids is 2. The summed E-state index contributed by atoms with van der Waals surface area (Å²) in [5.41, 5.74) is 0. The topological polar surface area (TPSA) is 99.3 Å². The van der Waals surface area contributed by atoms with Crippen LogP contribution in [0.5, 0.6) is 5.75 Å². The maximum absolute atomic E-state index is 12.8. The van der Waals surface area contributed by atoms with E-state index in [0.717, 1.165) is 12.8 Å². The lowest BCUT2D eigenvalue weighted by atomic mass is 10.1. The molecule has 1 aromatic rings. The molecule has 0 bridgehead atoms. The molecule has 0 atom stereocenters. The van der Waals surface area contributed by atoms with Crippen LogP contribution in [0.4, 0.5) is 0 Å². The second-order valence-electron chi connectivity index (χ2n) is 7.70. The van der Waals surface area contributed by atoms with Crippen molar-refractivity contribution in [3.63, 3.8) is 0 Å². The van der Waals surface area contributed by atoms with Gasteiger partial charge in [0.2, 0.25) is 21.8 Å². The van der Waals surface area contributed by atoms with Crippen molar-refractivity contribution in [3.8, 4) is 5.75 Å². The van der Waals surface area contributed by atoms with E-state index in [-0.39, 0.29) is 29.3 Å². The van der Waals surface area contributed by atoms with E-state index in [1.165, 1.54) is 11.4 Å². The summed E-state index contributed by atoms with van der Waals surface area (Å²) in [6.45, 7) is 4.86. The van der Waals surface area contributed by atoms with Crippen molar-refractivity contribution < 1.29 is 22.7 Å². The molecule has 2 heterocycles. The molecular formula is C20H30N4O5S. The molecule has 9 nitrogen and oxygen atoms in total. The van der Waals surface area contributed by atoms with Gasteiger partial charge in [0, 0.05) is 52.2 Å². The first kappa shape index (κ1) is 22.5.